The van der Waals surface area contributed by atoms with E-state index in [1.54, 1.807) is 28.8 Å². The summed E-state index contributed by atoms with van der Waals surface area (Å²) >= 11 is 0. The molecule has 1 aliphatic heterocycles. The maximum Gasteiger partial charge on any atom is 0.243 e. The number of sulfonamides is 1. The molecule has 1 atom stereocenters. The van der Waals surface area contributed by atoms with E-state index in [9.17, 15) is 8.42 Å². The van der Waals surface area contributed by atoms with Crippen LogP contribution in [-0.4, -0.2) is 43.4 Å². The third-order valence-electron chi connectivity index (χ3n) is 4.18. The topological polar surface area (TPSA) is 62.3 Å². The quantitative estimate of drug-likeness (QED) is 0.898. The van der Waals surface area contributed by atoms with Crippen molar-refractivity contribution in [3.05, 3.63) is 36.2 Å². The molecule has 5 nitrogen and oxygen atoms in total. The van der Waals surface area contributed by atoms with Crippen LogP contribution in [0.5, 0.6) is 0 Å². The molecule has 0 spiro atoms. The van der Waals surface area contributed by atoms with Gasteiger partial charge in [0.15, 0.2) is 0 Å². The van der Waals surface area contributed by atoms with Crippen molar-refractivity contribution in [2.75, 3.05) is 19.6 Å². The van der Waals surface area contributed by atoms with E-state index in [1.165, 1.54) is 0 Å². The third kappa shape index (κ3) is 3.35. The summed E-state index contributed by atoms with van der Waals surface area (Å²) in [7, 11) is -3.52. The Labute approximate surface area is 143 Å². The highest BCUT2D eigenvalue weighted by atomic mass is 35.5. The first-order valence-electron chi connectivity index (χ1n) is 7.57. The molecule has 1 saturated heterocycles. The number of nitrogens with one attached hydrogen (secondary N) is 1. The van der Waals surface area contributed by atoms with Crippen LogP contribution in [0.1, 0.15) is 18.9 Å². The average Bonchev–Trinajstić information content (AvgIpc) is 2.72. The maximum absolute atomic E-state index is 13.2. The fourth-order valence-electron chi connectivity index (χ4n) is 3.06. The van der Waals surface area contributed by atoms with Crippen molar-refractivity contribution in [2.45, 2.75) is 31.2 Å². The second-order valence-electron chi connectivity index (χ2n) is 5.83. The number of nitrogens with zero attached hydrogens (tertiary/aromatic N) is 2. The Morgan fingerprint density at radius 1 is 1.30 bits per heavy atom. The first kappa shape index (κ1) is 18.1. The lowest BCUT2D eigenvalue weighted by atomic mass is 10.1. The molecule has 1 aromatic heterocycles. The lowest BCUT2D eigenvalue weighted by Crippen LogP contribution is -2.41. The van der Waals surface area contributed by atoms with E-state index in [2.05, 4.69) is 10.3 Å². The van der Waals surface area contributed by atoms with Gasteiger partial charge in [-0.2, -0.15) is 4.31 Å². The predicted octanol–water partition coefficient (Wildman–Crippen LogP) is 2.34. The van der Waals surface area contributed by atoms with E-state index >= 15 is 0 Å². The number of halogens is 1. The second-order valence-corrected chi connectivity index (χ2v) is 7.69. The van der Waals surface area contributed by atoms with Crippen LogP contribution in [0.25, 0.3) is 10.8 Å². The molecule has 3 rings (SSSR count). The van der Waals surface area contributed by atoms with Gasteiger partial charge in [-0.15, -0.1) is 12.4 Å². The molecule has 1 fully saturated rings. The number of pyridine rings is 1. The van der Waals surface area contributed by atoms with Gasteiger partial charge in [0, 0.05) is 42.3 Å². The summed E-state index contributed by atoms with van der Waals surface area (Å²) in [5, 5.41) is 4.93. The fourth-order valence-corrected chi connectivity index (χ4v) is 5.02. The number of hydrogen-bond acceptors (Lipinski definition) is 4. The van der Waals surface area contributed by atoms with Gasteiger partial charge in [0.1, 0.15) is 0 Å². The molecule has 2 aromatic rings. The molecule has 7 heteroatoms. The summed E-state index contributed by atoms with van der Waals surface area (Å²) in [6.07, 6.45) is 4.26. The number of rotatable bonds is 2. The van der Waals surface area contributed by atoms with Gasteiger partial charge in [-0.1, -0.05) is 12.1 Å². The summed E-state index contributed by atoms with van der Waals surface area (Å²) in [6.45, 7) is 5.95. The molecule has 1 aliphatic rings. The Morgan fingerprint density at radius 3 is 2.87 bits per heavy atom. The predicted molar refractivity (Wildman–Crippen MR) is 94.6 cm³/mol. The fraction of sp³-hybridized carbons (Fsp3) is 0.438. The molecule has 0 radical (unpaired) electrons. The van der Waals surface area contributed by atoms with Crippen LogP contribution >= 0.6 is 12.4 Å². The zero-order valence-electron chi connectivity index (χ0n) is 13.3. The number of hydrogen-bond donors (Lipinski definition) is 1. The van der Waals surface area contributed by atoms with Crippen molar-refractivity contribution in [3.8, 4) is 0 Å². The molecule has 2 heterocycles. The van der Waals surface area contributed by atoms with Gasteiger partial charge in [0.2, 0.25) is 10.0 Å². The number of benzene rings is 1. The molecular formula is C16H22ClN3O2S. The van der Waals surface area contributed by atoms with Gasteiger partial charge in [-0.25, -0.2) is 8.42 Å². The highest BCUT2D eigenvalue weighted by Crippen LogP contribution is 2.29. The maximum atomic E-state index is 13.2. The Balaban J connectivity index is 0.00000192. The van der Waals surface area contributed by atoms with Gasteiger partial charge >= 0.3 is 0 Å². The van der Waals surface area contributed by atoms with Crippen molar-refractivity contribution >= 4 is 33.2 Å². The number of fused-ring (bicyclic) bond motifs is 1. The Hall–Kier alpha value is -1.21. The van der Waals surface area contributed by atoms with Gasteiger partial charge in [-0.05, 0) is 38.4 Å². The van der Waals surface area contributed by atoms with Gasteiger partial charge in [0.05, 0.1) is 4.90 Å². The molecule has 0 saturated carbocycles. The summed E-state index contributed by atoms with van der Waals surface area (Å²) in [6, 6.07) is 5.35. The van der Waals surface area contributed by atoms with Crippen molar-refractivity contribution in [1.82, 2.24) is 14.6 Å². The summed E-state index contributed by atoms with van der Waals surface area (Å²) in [5.74, 6) is 0. The number of aryl methyl sites for hydroxylation is 1. The van der Waals surface area contributed by atoms with E-state index in [0.717, 1.165) is 29.3 Å². The zero-order chi connectivity index (χ0) is 15.7. The first-order valence-corrected chi connectivity index (χ1v) is 9.01. The van der Waals surface area contributed by atoms with Crippen molar-refractivity contribution in [1.29, 1.82) is 0 Å². The van der Waals surface area contributed by atoms with Gasteiger partial charge in [-0.3, -0.25) is 4.98 Å². The molecular weight excluding hydrogens is 334 g/mol. The van der Waals surface area contributed by atoms with Crippen LogP contribution in [-0.2, 0) is 10.0 Å². The van der Waals surface area contributed by atoms with Crippen LogP contribution in [0, 0.1) is 6.92 Å². The molecule has 0 unspecified atom stereocenters. The van der Waals surface area contributed by atoms with Crippen LogP contribution < -0.4 is 5.32 Å². The van der Waals surface area contributed by atoms with Crippen molar-refractivity contribution in [3.63, 3.8) is 0 Å². The van der Waals surface area contributed by atoms with Crippen LogP contribution in [0.4, 0.5) is 0 Å². The SMILES string of the molecule is Cc1cncc2cccc(S(=O)(=O)N3CCCNC[C@@H]3C)c12.Cl. The lowest BCUT2D eigenvalue weighted by Gasteiger charge is -2.26. The Bertz CT molecular complexity index is 790. The van der Waals surface area contributed by atoms with Crippen molar-refractivity contribution < 1.29 is 8.42 Å². The normalized spacial score (nSPS) is 20.0. The molecule has 1 aromatic carbocycles. The van der Waals surface area contributed by atoms with Crippen LogP contribution in [0.2, 0.25) is 0 Å². The standard InChI is InChI=1S/C16H21N3O2S.ClH/c1-12-9-18-11-14-5-3-6-15(16(12)14)22(20,21)19-8-4-7-17-10-13(19)2;/h3,5-6,9,11,13,17H,4,7-8,10H2,1-2H3;1H/t13-;/m0./s1. The highest BCUT2D eigenvalue weighted by Gasteiger charge is 2.31. The summed E-state index contributed by atoms with van der Waals surface area (Å²) in [5.41, 5.74) is 0.886. The van der Waals surface area contributed by atoms with Gasteiger partial charge in [0.25, 0.3) is 0 Å². The molecule has 0 bridgehead atoms. The smallest absolute Gasteiger partial charge is 0.243 e. The van der Waals surface area contributed by atoms with E-state index in [-0.39, 0.29) is 18.4 Å². The van der Waals surface area contributed by atoms with Crippen LogP contribution in [0.15, 0.2) is 35.5 Å². The largest absolute Gasteiger partial charge is 0.315 e. The lowest BCUT2D eigenvalue weighted by molar-refractivity contribution is 0.354. The zero-order valence-corrected chi connectivity index (χ0v) is 15.0. The minimum atomic E-state index is -3.52. The second kappa shape index (κ2) is 7.13. The Kier molecular flexibility index (Phi) is 5.62. The van der Waals surface area contributed by atoms with Gasteiger partial charge < -0.3 is 5.32 Å². The van der Waals surface area contributed by atoms with E-state index in [4.69, 9.17) is 0 Å². The van der Waals surface area contributed by atoms with E-state index < -0.39 is 10.0 Å². The third-order valence-corrected chi connectivity index (χ3v) is 6.24. The molecule has 126 valence electrons. The Morgan fingerprint density at radius 2 is 2.09 bits per heavy atom. The first-order chi connectivity index (χ1) is 10.5. The molecule has 0 amide bonds. The molecule has 1 N–H and O–H groups in total. The molecule has 0 aliphatic carbocycles. The summed E-state index contributed by atoms with van der Waals surface area (Å²) < 4.78 is 28.0. The van der Waals surface area contributed by atoms with Crippen molar-refractivity contribution in [2.24, 2.45) is 0 Å². The summed E-state index contributed by atoms with van der Waals surface area (Å²) in [4.78, 5) is 4.55. The average molecular weight is 356 g/mol. The number of aromatic nitrogens is 1. The monoisotopic (exact) mass is 355 g/mol. The highest BCUT2D eigenvalue weighted by molar-refractivity contribution is 7.89. The minimum Gasteiger partial charge on any atom is -0.315 e. The van der Waals surface area contributed by atoms with Crippen LogP contribution in [0.3, 0.4) is 0 Å². The van der Waals surface area contributed by atoms with E-state index in [0.29, 0.717) is 18.0 Å². The van der Waals surface area contributed by atoms with E-state index in [1.807, 2.05) is 19.9 Å². The minimum absolute atomic E-state index is 0. The molecule has 23 heavy (non-hydrogen) atoms.